The van der Waals surface area contributed by atoms with Gasteiger partial charge in [-0.3, -0.25) is 9.69 Å². The van der Waals surface area contributed by atoms with Crippen molar-refractivity contribution in [3.05, 3.63) is 29.4 Å². The molecule has 0 atom stereocenters. The van der Waals surface area contributed by atoms with Crippen LogP contribution in [0.25, 0.3) is 0 Å². The van der Waals surface area contributed by atoms with Crippen LogP contribution < -0.4 is 14.4 Å². The lowest BCUT2D eigenvalue weighted by Gasteiger charge is -2.29. The third kappa shape index (κ3) is 3.96. The van der Waals surface area contributed by atoms with Gasteiger partial charge in [0.25, 0.3) is 5.91 Å². The smallest absolute Gasteiger partial charge is 0.265 e. The molecule has 0 spiro atoms. The summed E-state index contributed by atoms with van der Waals surface area (Å²) in [6, 6.07) is 3.09. The Kier molecular flexibility index (Phi) is 5.47. The molecule has 1 aliphatic heterocycles. The number of rotatable bonds is 7. The lowest BCUT2D eigenvalue weighted by molar-refractivity contribution is -0.121. The van der Waals surface area contributed by atoms with Crippen LogP contribution in [-0.2, 0) is 27.8 Å². The Hall–Kier alpha value is -2.46. The number of hydrogen-bond acceptors (Lipinski definition) is 7. The zero-order chi connectivity index (χ0) is 19.6. The molecular weight excluding hydrogens is 372 g/mol. The quantitative estimate of drug-likeness (QED) is 0.758. The summed E-state index contributed by atoms with van der Waals surface area (Å²) in [5.74, 6) is 0.943. The summed E-state index contributed by atoms with van der Waals surface area (Å²) in [4.78, 5) is 18.2. The number of nitrogens with one attached hydrogen (secondary N) is 1. The first-order valence-electron chi connectivity index (χ1n) is 8.74. The molecule has 2 heterocycles. The van der Waals surface area contributed by atoms with Gasteiger partial charge in [-0.2, -0.15) is 4.98 Å². The average molecular weight is 394 g/mol. The molecule has 0 radical (unpaired) electrons. The zero-order valence-electron chi connectivity index (χ0n) is 15.5. The van der Waals surface area contributed by atoms with Crippen LogP contribution in [0, 0.1) is 6.92 Å². The van der Waals surface area contributed by atoms with Gasteiger partial charge in [-0.05, 0) is 25.0 Å². The van der Waals surface area contributed by atoms with Gasteiger partial charge in [0.1, 0.15) is 5.75 Å². The van der Waals surface area contributed by atoms with Crippen LogP contribution in [0.2, 0.25) is 0 Å². The van der Waals surface area contributed by atoms with Crippen LogP contribution >= 0.6 is 0 Å². The van der Waals surface area contributed by atoms with E-state index in [0.29, 0.717) is 48.1 Å². The summed E-state index contributed by atoms with van der Waals surface area (Å²) in [6.07, 6.45) is 1.29. The highest BCUT2D eigenvalue weighted by Gasteiger charge is 2.30. The van der Waals surface area contributed by atoms with Crippen LogP contribution in [0.5, 0.6) is 5.75 Å². The molecule has 0 bridgehead atoms. The molecule has 3 rings (SSSR count). The summed E-state index contributed by atoms with van der Waals surface area (Å²) >= 11 is 0. The van der Waals surface area contributed by atoms with Gasteiger partial charge >= 0.3 is 0 Å². The summed E-state index contributed by atoms with van der Waals surface area (Å²) in [5, 5.41) is 3.87. The molecule has 9 nitrogen and oxygen atoms in total. The fraction of sp³-hybridized carbons (Fsp3) is 0.471. The molecule has 1 aromatic carbocycles. The lowest BCUT2D eigenvalue weighted by Crippen LogP contribution is -2.38. The van der Waals surface area contributed by atoms with Gasteiger partial charge in [0.05, 0.1) is 17.1 Å². The summed E-state index contributed by atoms with van der Waals surface area (Å²) in [7, 11) is -3.65. The predicted octanol–water partition coefficient (Wildman–Crippen LogP) is 1.55. The van der Waals surface area contributed by atoms with E-state index >= 15 is 0 Å². The Labute approximate surface area is 157 Å². The third-order valence-electron chi connectivity index (χ3n) is 4.14. The van der Waals surface area contributed by atoms with Crippen molar-refractivity contribution in [1.82, 2.24) is 14.9 Å². The monoisotopic (exact) mass is 394 g/mol. The van der Waals surface area contributed by atoms with Crippen molar-refractivity contribution in [3.8, 4) is 5.75 Å². The van der Waals surface area contributed by atoms with Gasteiger partial charge in [-0.15, -0.1) is 0 Å². The Morgan fingerprint density at radius 3 is 2.74 bits per heavy atom. The normalized spacial score (nSPS) is 14.2. The maximum atomic E-state index is 12.5. The largest absolute Gasteiger partial charge is 0.482 e. The molecule has 1 amide bonds. The highest BCUT2D eigenvalue weighted by atomic mass is 32.2. The second-order valence-electron chi connectivity index (χ2n) is 6.21. The van der Waals surface area contributed by atoms with Crippen molar-refractivity contribution in [2.75, 3.05) is 18.1 Å². The maximum Gasteiger partial charge on any atom is 0.265 e. The minimum Gasteiger partial charge on any atom is -0.482 e. The minimum atomic E-state index is -3.65. The standard InChI is InChI=1S/C17H22N4O5S/c1-4-6-18-27(23,24)14-8-13-12(7-11(14)3)21(17(22)10-25-13)9-15-19-16(5-2)26-20-15/h7-8,18H,4-6,9-10H2,1-3H3. The second-order valence-corrected chi connectivity index (χ2v) is 7.95. The molecule has 1 aliphatic rings. The van der Waals surface area contributed by atoms with Crippen LogP contribution in [-0.4, -0.2) is 37.6 Å². The molecule has 27 heavy (non-hydrogen) atoms. The number of carbonyl (C=O) groups excluding carboxylic acids is 1. The lowest BCUT2D eigenvalue weighted by atomic mass is 10.1. The van der Waals surface area contributed by atoms with Crippen molar-refractivity contribution < 1.29 is 22.5 Å². The van der Waals surface area contributed by atoms with Gasteiger partial charge in [-0.1, -0.05) is 19.0 Å². The summed E-state index contributed by atoms with van der Waals surface area (Å²) in [5.41, 5.74) is 1.00. The van der Waals surface area contributed by atoms with E-state index < -0.39 is 10.0 Å². The molecule has 1 aromatic heterocycles. The van der Waals surface area contributed by atoms with Crippen LogP contribution in [0.15, 0.2) is 21.6 Å². The first-order valence-corrected chi connectivity index (χ1v) is 10.2. The number of hydrogen-bond donors (Lipinski definition) is 1. The third-order valence-corrected chi connectivity index (χ3v) is 5.75. The van der Waals surface area contributed by atoms with Crippen molar-refractivity contribution in [1.29, 1.82) is 0 Å². The van der Waals surface area contributed by atoms with Crippen LogP contribution in [0.3, 0.4) is 0 Å². The average Bonchev–Trinajstić information content (AvgIpc) is 3.10. The highest BCUT2D eigenvalue weighted by molar-refractivity contribution is 7.89. The molecule has 2 aromatic rings. The topological polar surface area (TPSA) is 115 Å². The number of benzene rings is 1. The predicted molar refractivity (Wildman–Crippen MR) is 97.0 cm³/mol. The molecule has 0 aliphatic carbocycles. The van der Waals surface area contributed by atoms with E-state index in [1.54, 1.807) is 13.0 Å². The van der Waals surface area contributed by atoms with Gasteiger partial charge in [-0.25, -0.2) is 13.1 Å². The van der Waals surface area contributed by atoms with E-state index in [9.17, 15) is 13.2 Å². The number of anilines is 1. The molecule has 10 heteroatoms. The fourth-order valence-electron chi connectivity index (χ4n) is 2.75. The minimum absolute atomic E-state index is 0.123. The SMILES string of the molecule is CCCNS(=O)(=O)c1cc2c(cc1C)N(Cc1noc(CC)n1)C(=O)CO2. The van der Waals surface area contributed by atoms with E-state index in [4.69, 9.17) is 9.26 Å². The Morgan fingerprint density at radius 2 is 2.07 bits per heavy atom. The number of nitrogens with zero attached hydrogens (tertiary/aromatic N) is 3. The van der Waals surface area contributed by atoms with Crippen molar-refractivity contribution >= 4 is 21.6 Å². The Balaban J connectivity index is 1.95. The molecule has 1 N–H and O–H groups in total. The Bertz CT molecular complexity index is 954. The zero-order valence-corrected chi connectivity index (χ0v) is 16.3. The van der Waals surface area contributed by atoms with Crippen molar-refractivity contribution in [3.63, 3.8) is 0 Å². The molecule has 0 saturated heterocycles. The van der Waals surface area contributed by atoms with Crippen molar-refractivity contribution in [2.24, 2.45) is 0 Å². The number of amides is 1. The van der Waals surface area contributed by atoms with E-state index in [0.717, 1.165) is 0 Å². The van der Waals surface area contributed by atoms with Crippen LogP contribution in [0.4, 0.5) is 5.69 Å². The highest BCUT2D eigenvalue weighted by Crippen LogP contribution is 2.36. The maximum absolute atomic E-state index is 12.5. The van der Waals surface area contributed by atoms with E-state index in [1.165, 1.54) is 11.0 Å². The molecular formula is C17H22N4O5S. The molecule has 0 saturated carbocycles. The number of fused-ring (bicyclic) bond motifs is 1. The van der Waals surface area contributed by atoms with E-state index in [2.05, 4.69) is 14.9 Å². The Morgan fingerprint density at radius 1 is 1.30 bits per heavy atom. The number of sulfonamides is 1. The van der Waals surface area contributed by atoms with Gasteiger partial charge in [0.15, 0.2) is 12.4 Å². The number of ether oxygens (including phenoxy) is 1. The number of aryl methyl sites for hydroxylation is 2. The van der Waals surface area contributed by atoms with Gasteiger partial charge < -0.3 is 9.26 Å². The molecule has 146 valence electrons. The molecule has 0 unspecified atom stereocenters. The first-order chi connectivity index (χ1) is 12.9. The molecule has 0 fully saturated rings. The second kappa shape index (κ2) is 7.65. The van der Waals surface area contributed by atoms with Crippen molar-refractivity contribution in [2.45, 2.75) is 45.1 Å². The van der Waals surface area contributed by atoms with E-state index in [1.807, 2.05) is 13.8 Å². The summed E-state index contributed by atoms with van der Waals surface area (Å²) in [6.45, 7) is 5.75. The number of aromatic nitrogens is 2. The fourth-order valence-corrected chi connectivity index (χ4v) is 4.12. The van der Waals surface area contributed by atoms with Gasteiger partial charge in [0, 0.05) is 19.0 Å². The van der Waals surface area contributed by atoms with Gasteiger partial charge in [0.2, 0.25) is 15.9 Å². The summed E-state index contributed by atoms with van der Waals surface area (Å²) < 4.78 is 38.1. The first kappa shape index (κ1) is 19.3. The van der Waals surface area contributed by atoms with E-state index in [-0.39, 0.29) is 24.0 Å². The number of carbonyl (C=O) groups is 1. The van der Waals surface area contributed by atoms with Crippen LogP contribution in [0.1, 0.15) is 37.5 Å².